The number of hydrogen-bond acceptors (Lipinski definition) is 5. The summed E-state index contributed by atoms with van der Waals surface area (Å²) in [6.45, 7) is 2.31. The third kappa shape index (κ3) is 3.23. The molecule has 3 heterocycles. The predicted octanol–water partition coefficient (Wildman–Crippen LogP) is 1.25. The van der Waals surface area contributed by atoms with E-state index in [2.05, 4.69) is 10.1 Å². The fraction of sp³-hybridized carbons (Fsp3) is 0.375. The van der Waals surface area contributed by atoms with Gasteiger partial charge in [-0.15, -0.1) is 0 Å². The van der Waals surface area contributed by atoms with Crippen molar-refractivity contribution < 1.29 is 19.2 Å². The van der Waals surface area contributed by atoms with Gasteiger partial charge < -0.3 is 14.5 Å². The molecule has 1 N–H and O–H groups in total. The summed E-state index contributed by atoms with van der Waals surface area (Å²) in [6.07, 6.45) is 1.72. The van der Waals surface area contributed by atoms with E-state index in [-0.39, 0.29) is 24.8 Å². The lowest BCUT2D eigenvalue weighted by Gasteiger charge is -2.15. The second-order valence-electron chi connectivity index (χ2n) is 5.72. The zero-order valence-electron chi connectivity index (χ0n) is 12.7. The molecular formula is C16H17N3O4. The van der Waals surface area contributed by atoms with Crippen molar-refractivity contribution in [2.24, 2.45) is 5.92 Å². The zero-order chi connectivity index (χ0) is 16.4. The van der Waals surface area contributed by atoms with Crippen LogP contribution in [0.2, 0.25) is 0 Å². The van der Waals surface area contributed by atoms with Gasteiger partial charge in [0.15, 0.2) is 0 Å². The molecule has 0 radical (unpaired) electrons. The number of likely N-dealkylation sites (tertiary alicyclic amines) is 1. The Hall–Kier alpha value is -2.70. The van der Waals surface area contributed by atoms with Crippen LogP contribution in [0.25, 0.3) is 0 Å². The first-order valence-corrected chi connectivity index (χ1v) is 7.38. The Kier molecular flexibility index (Phi) is 4.10. The van der Waals surface area contributed by atoms with Crippen LogP contribution in [0.15, 0.2) is 35.0 Å². The molecule has 1 saturated heterocycles. The number of nitrogens with zero attached hydrogens (tertiary/aromatic N) is 3. The molecule has 3 rings (SSSR count). The van der Waals surface area contributed by atoms with Gasteiger partial charge in [-0.25, -0.2) is 0 Å². The number of amides is 1. The minimum atomic E-state index is -0.911. The van der Waals surface area contributed by atoms with Gasteiger partial charge in [-0.2, -0.15) is 0 Å². The van der Waals surface area contributed by atoms with Gasteiger partial charge in [0.2, 0.25) is 5.91 Å². The molecule has 120 valence electrons. The molecular weight excluding hydrogens is 298 g/mol. The molecule has 1 fully saturated rings. The number of carbonyl (C=O) groups excluding carboxylic acids is 1. The minimum absolute atomic E-state index is 0.0854. The van der Waals surface area contributed by atoms with Gasteiger partial charge in [-0.05, 0) is 19.1 Å². The maximum Gasteiger partial charge on any atom is 0.309 e. The molecule has 2 aromatic heterocycles. The Bertz CT molecular complexity index is 713. The van der Waals surface area contributed by atoms with E-state index in [1.807, 2.05) is 6.07 Å². The van der Waals surface area contributed by atoms with E-state index in [1.54, 1.807) is 36.2 Å². The number of aryl methyl sites for hydroxylation is 1. The van der Waals surface area contributed by atoms with Crippen LogP contribution in [0.5, 0.6) is 0 Å². The van der Waals surface area contributed by atoms with Crippen molar-refractivity contribution >= 4 is 11.9 Å². The third-order valence-electron chi connectivity index (χ3n) is 4.06. The molecule has 1 aliphatic rings. The fourth-order valence-electron chi connectivity index (χ4n) is 2.91. The normalized spacial score (nSPS) is 20.7. The summed E-state index contributed by atoms with van der Waals surface area (Å²) in [5.41, 5.74) is 1.41. The van der Waals surface area contributed by atoms with Gasteiger partial charge in [0.1, 0.15) is 5.76 Å². The van der Waals surface area contributed by atoms with Crippen molar-refractivity contribution in [1.82, 2.24) is 15.0 Å². The molecule has 0 unspecified atom stereocenters. The number of aromatic nitrogens is 2. The average molecular weight is 315 g/mol. The maximum absolute atomic E-state index is 12.4. The van der Waals surface area contributed by atoms with Crippen molar-refractivity contribution in [3.8, 4) is 0 Å². The van der Waals surface area contributed by atoms with E-state index < -0.39 is 11.9 Å². The summed E-state index contributed by atoms with van der Waals surface area (Å²) in [7, 11) is 0. The first-order chi connectivity index (χ1) is 11.0. The molecule has 1 amide bonds. The topological polar surface area (TPSA) is 96.5 Å². The van der Waals surface area contributed by atoms with Crippen LogP contribution >= 0.6 is 0 Å². The summed E-state index contributed by atoms with van der Waals surface area (Å²) < 4.78 is 5.05. The van der Waals surface area contributed by atoms with Gasteiger partial charge >= 0.3 is 5.97 Å². The van der Waals surface area contributed by atoms with E-state index >= 15 is 0 Å². The standard InChI is InChI=1S/C16H17N3O4/c1-10-6-11(23-18-10)7-15(20)19-8-12(13(9-19)16(21)22)14-4-2-3-5-17-14/h2-6,12-13H,7-9H2,1H3,(H,21,22)/t12-,13-/m0/s1. The first kappa shape index (κ1) is 15.2. The summed E-state index contributed by atoms with van der Waals surface area (Å²) in [6, 6.07) is 7.11. The fourth-order valence-corrected chi connectivity index (χ4v) is 2.91. The molecule has 0 bridgehead atoms. The quantitative estimate of drug-likeness (QED) is 0.912. The Morgan fingerprint density at radius 1 is 1.39 bits per heavy atom. The highest BCUT2D eigenvalue weighted by molar-refractivity contribution is 5.81. The number of rotatable bonds is 4. The largest absolute Gasteiger partial charge is 0.481 e. The molecule has 7 nitrogen and oxygen atoms in total. The van der Waals surface area contributed by atoms with E-state index in [4.69, 9.17) is 4.52 Å². The maximum atomic E-state index is 12.4. The Balaban J connectivity index is 1.74. The smallest absolute Gasteiger partial charge is 0.309 e. The van der Waals surface area contributed by atoms with Crippen LogP contribution in [0, 0.1) is 12.8 Å². The first-order valence-electron chi connectivity index (χ1n) is 7.38. The number of carboxylic acid groups (broad SMARTS) is 1. The van der Waals surface area contributed by atoms with Gasteiger partial charge in [-0.3, -0.25) is 14.6 Å². The van der Waals surface area contributed by atoms with Crippen molar-refractivity contribution in [2.45, 2.75) is 19.3 Å². The van der Waals surface area contributed by atoms with Gasteiger partial charge in [0.25, 0.3) is 0 Å². The minimum Gasteiger partial charge on any atom is -0.481 e. The van der Waals surface area contributed by atoms with E-state index in [9.17, 15) is 14.7 Å². The highest BCUT2D eigenvalue weighted by Gasteiger charge is 2.41. The number of aliphatic carboxylic acids is 1. The van der Waals surface area contributed by atoms with E-state index in [1.165, 1.54) is 0 Å². The third-order valence-corrected chi connectivity index (χ3v) is 4.06. The van der Waals surface area contributed by atoms with Crippen molar-refractivity contribution in [2.75, 3.05) is 13.1 Å². The molecule has 0 aliphatic carbocycles. The van der Waals surface area contributed by atoms with Crippen LogP contribution in [-0.2, 0) is 16.0 Å². The molecule has 2 aromatic rings. The molecule has 7 heteroatoms. The SMILES string of the molecule is Cc1cc(CC(=O)N2C[C@H](C(=O)O)[C@@H](c3ccccn3)C2)on1. The van der Waals surface area contributed by atoms with Crippen molar-refractivity contribution in [3.05, 3.63) is 47.6 Å². The highest BCUT2D eigenvalue weighted by Crippen LogP contribution is 2.32. The Morgan fingerprint density at radius 3 is 2.83 bits per heavy atom. The molecule has 0 aromatic carbocycles. The number of hydrogen-bond donors (Lipinski definition) is 1. The summed E-state index contributed by atoms with van der Waals surface area (Å²) in [5, 5.41) is 13.2. The van der Waals surface area contributed by atoms with Gasteiger partial charge in [-0.1, -0.05) is 11.2 Å². The Morgan fingerprint density at radius 2 is 2.22 bits per heavy atom. The lowest BCUT2D eigenvalue weighted by atomic mass is 9.93. The monoisotopic (exact) mass is 315 g/mol. The van der Waals surface area contributed by atoms with E-state index in [0.29, 0.717) is 23.7 Å². The zero-order valence-corrected chi connectivity index (χ0v) is 12.7. The number of carboxylic acids is 1. The molecule has 0 spiro atoms. The second-order valence-corrected chi connectivity index (χ2v) is 5.72. The highest BCUT2D eigenvalue weighted by atomic mass is 16.5. The molecule has 1 aliphatic heterocycles. The second kappa shape index (κ2) is 6.20. The number of pyridine rings is 1. The van der Waals surface area contributed by atoms with Crippen LogP contribution in [0.4, 0.5) is 0 Å². The lowest BCUT2D eigenvalue weighted by Crippen LogP contribution is -2.31. The molecule has 2 atom stereocenters. The van der Waals surface area contributed by atoms with Crippen molar-refractivity contribution in [1.29, 1.82) is 0 Å². The van der Waals surface area contributed by atoms with Crippen molar-refractivity contribution in [3.63, 3.8) is 0 Å². The van der Waals surface area contributed by atoms with Crippen LogP contribution in [-0.4, -0.2) is 45.1 Å². The predicted molar refractivity (Wildman–Crippen MR) is 79.6 cm³/mol. The van der Waals surface area contributed by atoms with Crippen LogP contribution < -0.4 is 0 Å². The van der Waals surface area contributed by atoms with Gasteiger partial charge in [0.05, 0.1) is 18.0 Å². The molecule has 23 heavy (non-hydrogen) atoms. The summed E-state index contributed by atoms with van der Waals surface area (Å²) in [5.74, 6) is -1.53. The Labute approximate surface area is 132 Å². The molecule has 0 saturated carbocycles. The number of carbonyl (C=O) groups is 2. The average Bonchev–Trinajstić information content (AvgIpc) is 3.15. The van der Waals surface area contributed by atoms with Crippen LogP contribution in [0.3, 0.4) is 0 Å². The lowest BCUT2D eigenvalue weighted by molar-refractivity contribution is -0.141. The van der Waals surface area contributed by atoms with E-state index in [0.717, 1.165) is 0 Å². The van der Waals surface area contributed by atoms with Gasteiger partial charge in [0, 0.05) is 37.0 Å². The van der Waals surface area contributed by atoms with Crippen LogP contribution in [0.1, 0.15) is 23.1 Å². The summed E-state index contributed by atoms with van der Waals surface area (Å²) in [4.78, 5) is 29.7. The summed E-state index contributed by atoms with van der Waals surface area (Å²) >= 11 is 0.